The highest BCUT2D eigenvalue weighted by molar-refractivity contribution is 5.83. The van der Waals surface area contributed by atoms with Crippen LogP contribution in [0, 0.1) is 0 Å². The van der Waals surface area contributed by atoms with Crippen LogP contribution in [0.3, 0.4) is 0 Å². The second-order valence-electron chi connectivity index (χ2n) is 27.1. The van der Waals surface area contributed by atoms with Crippen molar-refractivity contribution in [2.45, 2.75) is 272 Å². The molecule has 9 nitrogen and oxygen atoms in total. The van der Waals surface area contributed by atoms with E-state index >= 15 is 0 Å². The van der Waals surface area contributed by atoms with E-state index < -0.39 is 0 Å². The summed E-state index contributed by atoms with van der Waals surface area (Å²) in [5.41, 5.74) is 14.7. The smallest absolute Gasteiger partial charge is 0.119 e. The zero-order chi connectivity index (χ0) is 67.8. The third kappa shape index (κ3) is 26.2. The minimum atomic E-state index is -0.241. The van der Waals surface area contributed by atoms with Gasteiger partial charge in [-0.05, 0) is 230 Å². The van der Waals surface area contributed by atoms with E-state index in [2.05, 4.69) is 75.4 Å². The van der Waals surface area contributed by atoms with Gasteiger partial charge in [-0.3, -0.25) is 0 Å². The second kappa shape index (κ2) is 45.3. The Hall–Kier alpha value is -6.30. The van der Waals surface area contributed by atoms with E-state index in [4.69, 9.17) is 14.2 Å². The number of hydrogen-bond acceptors (Lipinski definition) is 9. The Bertz CT molecular complexity index is 2820. The van der Waals surface area contributed by atoms with Crippen molar-refractivity contribution in [1.82, 2.24) is 0 Å². The van der Waals surface area contributed by atoms with Crippen molar-refractivity contribution in [3.8, 4) is 50.6 Å². The van der Waals surface area contributed by atoms with Crippen LogP contribution in [0.4, 0.5) is 0 Å². The highest BCUT2D eigenvalue weighted by Crippen LogP contribution is 2.39. The Morgan fingerprint density at radius 1 is 0.219 bits per heavy atom. The fourth-order valence-electron chi connectivity index (χ4n) is 13.6. The van der Waals surface area contributed by atoms with Gasteiger partial charge >= 0.3 is 0 Å². The van der Waals surface area contributed by atoms with Crippen LogP contribution in [0.1, 0.15) is 280 Å². The Morgan fingerprint density at radius 3 is 0.583 bits per heavy atom. The Kier molecular flexibility index (Phi) is 36.4. The number of aliphatic hydroxyl groups excluding tert-OH is 6. The summed E-state index contributed by atoms with van der Waals surface area (Å²) in [4.78, 5) is 0. The molecule has 0 radical (unpaired) electrons. The lowest BCUT2D eigenvalue weighted by Crippen LogP contribution is -2.05. The number of aliphatic hydroxyl groups is 6. The third-order valence-corrected chi connectivity index (χ3v) is 19.5. The summed E-state index contributed by atoms with van der Waals surface area (Å²) < 4.78 is 18.5. The number of unbranched alkanes of at least 4 members (excludes halogenated alkanes) is 27. The van der Waals surface area contributed by atoms with E-state index in [0.29, 0.717) is 72.5 Å². The first-order chi connectivity index (χ1) is 47.2. The summed E-state index contributed by atoms with van der Waals surface area (Å²) in [6.07, 6.45) is 39.8. The topological polar surface area (TPSA) is 149 Å². The van der Waals surface area contributed by atoms with Crippen molar-refractivity contribution in [3.63, 3.8) is 0 Å². The molecule has 0 bridgehead atoms. The van der Waals surface area contributed by atoms with Crippen LogP contribution in [-0.2, 0) is 58.9 Å². The summed E-state index contributed by atoms with van der Waals surface area (Å²) in [5.74, 6) is 2.50. The van der Waals surface area contributed by atoms with Gasteiger partial charge in [-0.2, -0.15) is 0 Å². The number of benzene rings is 7. The molecule has 0 fully saturated rings. The number of ether oxygens (including phenoxy) is 3. The monoisotopic (exact) mass is 1310 g/mol. The van der Waals surface area contributed by atoms with Gasteiger partial charge in [-0.25, -0.2) is 0 Å². The molecule has 6 N–H and O–H groups in total. The quantitative estimate of drug-likeness (QED) is 0.0205. The van der Waals surface area contributed by atoms with E-state index in [1.165, 1.54) is 173 Å². The summed E-state index contributed by atoms with van der Waals surface area (Å²) >= 11 is 0. The standard InChI is InChI=1S/C87H120O9/c1-4-7-10-13-16-19-22-25-28-31-46-94-82-40-34-67(35-41-82)49-85-76(61-88)55-73(56-77(85)62-89)70-52-71(74-57-78(63-90)86(79(58-74)64-91)50-68-36-42-83(43-37-68)95-47-32-29-26-23-20-17-14-11-8-5-2)54-72(53-70)75-59-80(65-92)87(81(60-75)66-93)51-69-38-44-84(45-39-69)96-48-33-30-27-24-21-18-15-12-9-6-3/h34-45,52-60,88-93H,4-33,46-51,61-66H2,1-3H3. The maximum Gasteiger partial charge on any atom is 0.119 e. The van der Waals surface area contributed by atoms with Crippen molar-refractivity contribution in [3.05, 3.63) is 194 Å². The normalized spacial score (nSPS) is 11.5. The molecule has 7 rings (SSSR count). The molecule has 0 atom stereocenters. The maximum absolute atomic E-state index is 11.1. The van der Waals surface area contributed by atoms with Crippen LogP contribution in [0.5, 0.6) is 17.2 Å². The first-order valence-corrected chi connectivity index (χ1v) is 37.6. The third-order valence-electron chi connectivity index (χ3n) is 19.5. The van der Waals surface area contributed by atoms with Crippen LogP contribution in [0.2, 0.25) is 0 Å². The molecular weight excluding hydrogens is 1190 g/mol. The van der Waals surface area contributed by atoms with E-state index in [9.17, 15) is 30.6 Å². The SMILES string of the molecule is CCCCCCCCCCCCOc1ccc(Cc2c(CO)cc(-c3cc(-c4cc(CO)c(Cc5ccc(OCCCCCCCCCCCC)cc5)c(CO)c4)cc(-c4cc(CO)c(Cc5ccc(OCCCCCCCCCCCC)cc5)c(CO)c4)c3)cc2CO)cc1. The Balaban J connectivity index is 1.12. The average Bonchev–Trinajstić information content (AvgIpc) is 0.781. The van der Waals surface area contributed by atoms with Crippen molar-refractivity contribution >= 4 is 0 Å². The first-order valence-electron chi connectivity index (χ1n) is 37.6. The van der Waals surface area contributed by atoms with Crippen LogP contribution >= 0.6 is 0 Å². The fourth-order valence-corrected chi connectivity index (χ4v) is 13.6. The molecule has 0 aliphatic rings. The van der Waals surface area contributed by atoms with Crippen LogP contribution < -0.4 is 14.2 Å². The molecule has 7 aromatic carbocycles. The summed E-state index contributed by atoms with van der Waals surface area (Å²) in [6, 6.07) is 42.8. The molecule has 0 aromatic heterocycles. The van der Waals surface area contributed by atoms with Gasteiger partial charge in [0, 0.05) is 0 Å². The van der Waals surface area contributed by atoms with Gasteiger partial charge in [0.25, 0.3) is 0 Å². The van der Waals surface area contributed by atoms with E-state index in [1.807, 2.05) is 72.8 Å². The van der Waals surface area contributed by atoms with Crippen LogP contribution in [0.25, 0.3) is 33.4 Å². The highest BCUT2D eigenvalue weighted by atomic mass is 16.5. The largest absolute Gasteiger partial charge is 0.494 e. The first kappa shape index (κ1) is 77.1. The van der Waals surface area contributed by atoms with Crippen molar-refractivity contribution in [1.29, 1.82) is 0 Å². The number of rotatable bonds is 51. The summed E-state index contributed by atoms with van der Waals surface area (Å²) in [7, 11) is 0. The van der Waals surface area contributed by atoms with E-state index in [0.717, 1.165) is 103 Å². The summed E-state index contributed by atoms with van der Waals surface area (Å²) in [6.45, 7) is 7.41. The zero-order valence-electron chi connectivity index (χ0n) is 59.2. The van der Waals surface area contributed by atoms with Gasteiger partial charge < -0.3 is 44.8 Å². The lowest BCUT2D eigenvalue weighted by Gasteiger charge is -2.20. The lowest BCUT2D eigenvalue weighted by molar-refractivity contribution is 0.273. The molecule has 9 heteroatoms. The summed E-state index contributed by atoms with van der Waals surface area (Å²) in [5, 5.41) is 66.8. The molecule has 0 spiro atoms. The molecule has 0 amide bonds. The lowest BCUT2D eigenvalue weighted by atomic mass is 9.86. The molecular formula is C87H120O9. The van der Waals surface area contributed by atoms with E-state index in [-0.39, 0.29) is 39.6 Å². The fraction of sp³-hybridized carbons (Fsp3) is 0.517. The average molecular weight is 1310 g/mol. The van der Waals surface area contributed by atoms with Crippen molar-refractivity contribution in [2.75, 3.05) is 19.8 Å². The van der Waals surface area contributed by atoms with Crippen LogP contribution in [0.15, 0.2) is 127 Å². The van der Waals surface area contributed by atoms with Gasteiger partial charge in [0.1, 0.15) is 17.2 Å². The minimum absolute atomic E-state index is 0.241. The van der Waals surface area contributed by atoms with Gasteiger partial charge in [0.2, 0.25) is 0 Å². The highest BCUT2D eigenvalue weighted by Gasteiger charge is 2.20. The predicted octanol–water partition coefficient (Wildman–Crippen LogP) is 21.3. The molecule has 0 unspecified atom stereocenters. The number of hydrogen-bond donors (Lipinski definition) is 6. The van der Waals surface area contributed by atoms with Gasteiger partial charge in [-0.1, -0.05) is 231 Å². The van der Waals surface area contributed by atoms with Crippen LogP contribution in [-0.4, -0.2) is 50.5 Å². The maximum atomic E-state index is 11.1. The van der Waals surface area contributed by atoms with Gasteiger partial charge in [0.05, 0.1) is 59.5 Å². The van der Waals surface area contributed by atoms with E-state index in [1.54, 1.807) is 0 Å². The molecule has 7 aromatic rings. The molecule has 522 valence electrons. The minimum Gasteiger partial charge on any atom is -0.494 e. The molecule has 0 saturated carbocycles. The van der Waals surface area contributed by atoms with Gasteiger partial charge in [-0.15, -0.1) is 0 Å². The molecule has 0 saturated heterocycles. The second-order valence-corrected chi connectivity index (χ2v) is 27.1. The zero-order valence-corrected chi connectivity index (χ0v) is 59.2. The molecule has 0 heterocycles. The Morgan fingerprint density at radius 2 is 0.396 bits per heavy atom. The van der Waals surface area contributed by atoms with Crippen molar-refractivity contribution < 1.29 is 44.8 Å². The predicted molar refractivity (Wildman–Crippen MR) is 398 cm³/mol. The molecule has 0 aliphatic carbocycles. The Labute approximate surface area is 578 Å². The van der Waals surface area contributed by atoms with Gasteiger partial charge in [0.15, 0.2) is 0 Å². The molecule has 0 aliphatic heterocycles. The van der Waals surface area contributed by atoms with Crippen molar-refractivity contribution in [2.24, 2.45) is 0 Å². The molecule has 96 heavy (non-hydrogen) atoms.